The minimum absolute atomic E-state index is 0.714. The van der Waals surface area contributed by atoms with Crippen LogP contribution in [0.2, 0.25) is 10.0 Å². The van der Waals surface area contributed by atoms with Gasteiger partial charge in [0.05, 0.1) is 0 Å². The Kier molecular flexibility index (Phi) is 3.02. The maximum absolute atomic E-state index is 6.19. The second-order valence-electron chi connectivity index (χ2n) is 4.24. The zero-order valence-corrected chi connectivity index (χ0v) is 11.1. The van der Waals surface area contributed by atoms with E-state index in [1.54, 1.807) is 6.07 Å². The van der Waals surface area contributed by atoms with Crippen LogP contribution in [0.3, 0.4) is 0 Å². The van der Waals surface area contributed by atoms with Gasteiger partial charge in [-0.2, -0.15) is 0 Å². The fourth-order valence-electron chi connectivity index (χ4n) is 2.13. The van der Waals surface area contributed by atoms with Crippen LogP contribution < -0.4 is 0 Å². The fourth-order valence-corrected chi connectivity index (χ4v) is 2.50. The topological polar surface area (TPSA) is 4.93 Å². The molecular weight excluding hydrogens is 265 g/mol. The molecule has 3 heteroatoms. The minimum Gasteiger partial charge on any atom is -0.343 e. The molecule has 0 aliphatic carbocycles. The van der Waals surface area contributed by atoms with Gasteiger partial charge in [0.1, 0.15) is 0 Å². The lowest BCUT2D eigenvalue weighted by molar-refractivity contribution is 0.837. The molecule has 0 spiro atoms. The maximum Gasteiger partial charge on any atom is 0.0491 e. The fraction of sp³-hybridized carbons (Fsp3) is 0.0667. The van der Waals surface area contributed by atoms with E-state index in [-0.39, 0.29) is 0 Å². The van der Waals surface area contributed by atoms with Crippen molar-refractivity contribution in [1.82, 2.24) is 4.57 Å². The molecule has 0 fully saturated rings. The van der Waals surface area contributed by atoms with Crippen molar-refractivity contribution in [3.63, 3.8) is 0 Å². The third-order valence-corrected chi connectivity index (χ3v) is 3.63. The van der Waals surface area contributed by atoms with E-state index >= 15 is 0 Å². The van der Waals surface area contributed by atoms with E-state index in [2.05, 4.69) is 29.0 Å². The van der Waals surface area contributed by atoms with Gasteiger partial charge in [-0.1, -0.05) is 41.4 Å². The second kappa shape index (κ2) is 4.68. The lowest BCUT2D eigenvalue weighted by Gasteiger charge is -2.08. The molecule has 3 rings (SSSR count). The van der Waals surface area contributed by atoms with Crippen LogP contribution in [0, 0.1) is 0 Å². The number of halogens is 2. The molecule has 0 aliphatic heterocycles. The first-order valence-corrected chi connectivity index (χ1v) is 6.47. The van der Waals surface area contributed by atoms with Crippen LogP contribution in [0.4, 0.5) is 0 Å². The van der Waals surface area contributed by atoms with E-state index in [4.69, 9.17) is 23.2 Å². The van der Waals surface area contributed by atoms with Gasteiger partial charge in [0, 0.05) is 28.3 Å². The normalized spacial score (nSPS) is 11.0. The van der Waals surface area contributed by atoms with Crippen molar-refractivity contribution in [2.24, 2.45) is 0 Å². The summed E-state index contributed by atoms with van der Waals surface area (Å²) in [6, 6.07) is 16.0. The van der Waals surface area contributed by atoms with Crippen LogP contribution in [-0.2, 0) is 6.54 Å². The predicted molar refractivity (Wildman–Crippen MR) is 77.5 cm³/mol. The first-order chi connectivity index (χ1) is 8.74. The average molecular weight is 276 g/mol. The summed E-state index contributed by atoms with van der Waals surface area (Å²) in [5.74, 6) is 0. The molecule has 1 nitrogen and oxygen atoms in total. The van der Waals surface area contributed by atoms with Gasteiger partial charge in [-0.05, 0) is 41.3 Å². The van der Waals surface area contributed by atoms with Crippen molar-refractivity contribution >= 4 is 34.1 Å². The Morgan fingerprint density at radius 1 is 0.944 bits per heavy atom. The molecule has 1 heterocycles. The first kappa shape index (κ1) is 11.6. The van der Waals surface area contributed by atoms with Gasteiger partial charge in [-0.15, -0.1) is 0 Å². The lowest BCUT2D eigenvalue weighted by atomic mass is 10.2. The quantitative estimate of drug-likeness (QED) is 0.621. The van der Waals surface area contributed by atoms with Gasteiger partial charge in [0.25, 0.3) is 0 Å². The summed E-state index contributed by atoms with van der Waals surface area (Å²) >= 11 is 12.2. The van der Waals surface area contributed by atoms with Crippen LogP contribution >= 0.6 is 23.2 Å². The van der Waals surface area contributed by atoms with Gasteiger partial charge < -0.3 is 4.57 Å². The Morgan fingerprint density at radius 3 is 2.67 bits per heavy atom. The molecule has 0 amide bonds. The predicted octanol–water partition coefficient (Wildman–Crippen LogP) is 5.00. The number of nitrogens with zero attached hydrogens (tertiary/aromatic N) is 1. The van der Waals surface area contributed by atoms with Gasteiger partial charge in [0.2, 0.25) is 0 Å². The van der Waals surface area contributed by atoms with Crippen molar-refractivity contribution in [2.75, 3.05) is 0 Å². The maximum atomic E-state index is 6.19. The number of hydrogen-bond donors (Lipinski definition) is 0. The molecule has 0 saturated heterocycles. The summed E-state index contributed by atoms with van der Waals surface area (Å²) < 4.78 is 2.17. The molecule has 0 saturated carbocycles. The Morgan fingerprint density at radius 2 is 1.78 bits per heavy atom. The van der Waals surface area contributed by atoms with E-state index in [0.29, 0.717) is 5.02 Å². The molecule has 0 unspecified atom stereocenters. The summed E-state index contributed by atoms with van der Waals surface area (Å²) in [4.78, 5) is 0. The summed E-state index contributed by atoms with van der Waals surface area (Å²) in [5, 5.41) is 2.69. The number of rotatable bonds is 2. The molecule has 2 aromatic carbocycles. The molecule has 1 aromatic heterocycles. The highest BCUT2D eigenvalue weighted by atomic mass is 35.5. The molecule has 0 N–H and O–H groups in total. The van der Waals surface area contributed by atoms with Crippen LogP contribution in [0.25, 0.3) is 10.9 Å². The standard InChI is InChI=1S/C15H11Cl2N/c16-13-5-6-14(17)12(9-13)10-18-8-7-11-3-1-2-4-15(11)18/h1-9H,10H2. The molecule has 3 aromatic rings. The van der Waals surface area contributed by atoms with Crippen molar-refractivity contribution in [2.45, 2.75) is 6.54 Å². The lowest BCUT2D eigenvalue weighted by Crippen LogP contribution is -1.98. The first-order valence-electron chi connectivity index (χ1n) is 5.72. The Bertz CT molecular complexity index is 701. The van der Waals surface area contributed by atoms with Crippen LogP contribution in [0.5, 0.6) is 0 Å². The van der Waals surface area contributed by atoms with Gasteiger partial charge in [0.15, 0.2) is 0 Å². The van der Waals surface area contributed by atoms with Gasteiger partial charge >= 0.3 is 0 Å². The summed E-state index contributed by atoms with van der Waals surface area (Å²) in [6.45, 7) is 0.729. The van der Waals surface area contributed by atoms with Crippen molar-refractivity contribution in [3.8, 4) is 0 Å². The molecule has 90 valence electrons. The monoisotopic (exact) mass is 275 g/mol. The third kappa shape index (κ3) is 2.12. The summed E-state index contributed by atoms with van der Waals surface area (Å²) in [6.07, 6.45) is 2.07. The second-order valence-corrected chi connectivity index (χ2v) is 5.08. The van der Waals surface area contributed by atoms with E-state index in [1.165, 1.54) is 10.9 Å². The molecule has 0 atom stereocenters. The smallest absolute Gasteiger partial charge is 0.0491 e. The third-order valence-electron chi connectivity index (χ3n) is 3.03. The van der Waals surface area contributed by atoms with Crippen molar-refractivity contribution in [1.29, 1.82) is 0 Å². The van der Waals surface area contributed by atoms with Crippen LogP contribution in [0.1, 0.15) is 5.56 Å². The zero-order chi connectivity index (χ0) is 12.5. The molecule has 0 bridgehead atoms. The van der Waals surface area contributed by atoms with Gasteiger partial charge in [-0.25, -0.2) is 0 Å². The van der Waals surface area contributed by atoms with Crippen LogP contribution in [-0.4, -0.2) is 4.57 Å². The van der Waals surface area contributed by atoms with Crippen molar-refractivity contribution in [3.05, 3.63) is 70.3 Å². The number of para-hydroxylation sites is 1. The molecule has 0 aliphatic rings. The Hall–Kier alpha value is -1.44. The number of hydrogen-bond acceptors (Lipinski definition) is 0. The van der Waals surface area contributed by atoms with Crippen LogP contribution in [0.15, 0.2) is 54.7 Å². The summed E-state index contributed by atoms with van der Waals surface area (Å²) in [7, 11) is 0. The number of benzene rings is 2. The van der Waals surface area contributed by atoms with Gasteiger partial charge in [-0.3, -0.25) is 0 Å². The zero-order valence-electron chi connectivity index (χ0n) is 9.61. The largest absolute Gasteiger partial charge is 0.343 e. The SMILES string of the molecule is Clc1ccc(Cl)c(Cn2ccc3ccccc32)c1. The van der Waals surface area contributed by atoms with E-state index in [9.17, 15) is 0 Å². The highest BCUT2D eigenvalue weighted by Crippen LogP contribution is 2.23. The molecular formula is C15H11Cl2N. The summed E-state index contributed by atoms with van der Waals surface area (Å²) in [5.41, 5.74) is 2.24. The van der Waals surface area contributed by atoms with E-state index in [1.807, 2.05) is 24.3 Å². The Labute approximate surface area is 116 Å². The molecule has 18 heavy (non-hydrogen) atoms. The highest BCUT2D eigenvalue weighted by molar-refractivity contribution is 6.33. The number of fused-ring (bicyclic) bond motifs is 1. The van der Waals surface area contributed by atoms with E-state index < -0.39 is 0 Å². The molecule has 0 radical (unpaired) electrons. The van der Waals surface area contributed by atoms with Crippen molar-refractivity contribution < 1.29 is 0 Å². The van der Waals surface area contributed by atoms with E-state index in [0.717, 1.165) is 17.1 Å². The minimum atomic E-state index is 0.714. The Balaban J connectivity index is 2.04. The highest BCUT2D eigenvalue weighted by Gasteiger charge is 2.05. The average Bonchev–Trinajstić information content (AvgIpc) is 2.78. The number of aromatic nitrogens is 1.